The summed E-state index contributed by atoms with van der Waals surface area (Å²) in [6.07, 6.45) is 3.47. The lowest BCUT2D eigenvalue weighted by Gasteiger charge is -2.39. The molecule has 1 fully saturated rings. The Kier molecular flexibility index (Phi) is 6.49. The maximum Gasteiger partial charge on any atom is 0.338 e. The van der Waals surface area contributed by atoms with Crippen molar-refractivity contribution >= 4 is 17.8 Å². The largest absolute Gasteiger partial charge is 0.465 e. The highest BCUT2D eigenvalue weighted by Gasteiger charge is 2.44. The quantitative estimate of drug-likeness (QED) is 0.710. The molecule has 2 aliphatic heterocycles. The molecule has 2 atom stereocenters. The van der Waals surface area contributed by atoms with E-state index in [0.717, 1.165) is 5.56 Å². The van der Waals surface area contributed by atoms with Gasteiger partial charge in [0, 0.05) is 19.2 Å². The van der Waals surface area contributed by atoms with Crippen molar-refractivity contribution in [3.05, 3.63) is 59.3 Å². The minimum Gasteiger partial charge on any atom is -0.465 e. The van der Waals surface area contributed by atoms with Crippen LogP contribution in [0.2, 0.25) is 0 Å². The number of hydrogen-bond acceptors (Lipinski definition) is 6. The molecule has 1 amide bonds. The van der Waals surface area contributed by atoms with Gasteiger partial charge in [-0.1, -0.05) is 30.3 Å². The van der Waals surface area contributed by atoms with E-state index in [1.807, 2.05) is 35.3 Å². The SMILES string of the molecule is CCOC(=O)C1=C(\C)[C@H](C(=O)OCC)[C@@H](c2ccccc2)N2CCC(=O)N2/C=C\1. The average Bonchev–Trinajstić information content (AvgIpc) is 3.05. The zero-order valence-electron chi connectivity index (χ0n) is 17.0. The molecule has 1 aromatic rings. The van der Waals surface area contributed by atoms with E-state index in [1.54, 1.807) is 33.0 Å². The predicted octanol–water partition coefficient (Wildman–Crippen LogP) is 2.76. The topological polar surface area (TPSA) is 76.2 Å². The molecule has 154 valence electrons. The number of ether oxygens (including phenoxy) is 2. The zero-order valence-corrected chi connectivity index (χ0v) is 17.0. The van der Waals surface area contributed by atoms with Gasteiger partial charge in [0.2, 0.25) is 5.91 Å². The fourth-order valence-electron chi connectivity index (χ4n) is 3.86. The number of hydrogen-bond donors (Lipinski definition) is 0. The number of fused-ring (bicyclic) bond motifs is 1. The molecule has 0 unspecified atom stereocenters. The number of carbonyl (C=O) groups is 3. The first kappa shape index (κ1) is 20.8. The van der Waals surface area contributed by atoms with Gasteiger partial charge in [0.25, 0.3) is 0 Å². The lowest BCUT2D eigenvalue weighted by atomic mass is 9.84. The normalized spacial score (nSPS) is 25.8. The van der Waals surface area contributed by atoms with E-state index in [2.05, 4.69) is 0 Å². The van der Waals surface area contributed by atoms with Crippen LogP contribution in [0.4, 0.5) is 0 Å². The van der Waals surface area contributed by atoms with Gasteiger partial charge in [0.15, 0.2) is 0 Å². The lowest BCUT2D eigenvalue weighted by Crippen LogP contribution is -2.45. The van der Waals surface area contributed by atoms with Crippen molar-refractivity contribution in [3.8, 4) is 0 Å². The average molecular weight is 398 g/mol. The highest BCUT2D eigenvalue weighted by Crippen LogP contribution is 2.40. The van der Waals surface area contributed by atoms with Gasteiger partial charge in [0.1, 0.15) is 5.92 Å². The summed E-state index contributed by atoms with van der Waals surface area (Å²) >= 11 is 0. The highest BCUT2D eigenvalue weighted by atomic mass is 16.5. The number of hydrazine groups is 1. The van der Waals surface area contributed by atoms with Crippen LogP contribution < -0.4 is 0 Å². The third-order valence-corrected chi connectivity index (χ3v) is 5.17. The van der Waals surface area contributed by atoms with Crippen LogP contribution in [-0.4, -0.2) is 47.6 Å². The fourth-order valence-corrected chi connectivity index (χ4v) is 3.86. The molecule has 2 heterocycles. The van der Waals surface area contributed by atoms with Gasteiger partial charge in [0.05, 0.1) is 24.8 Å². The molecule has 2 aliphatic rings. The third-order valence-electron chi connectivity index (χ3n) is 5.17. The molecule has 0 spiro atoms. The maximum absolute atomic E-state index is 13.1. The van der Waals surface area contributed by atoms with Crippen LogP contribution >= 0.6 is 0 Å². The van der Waals surface area contributed by atoms with Gasteiger partial charge in [-0.15, -0.1) is 0 Å². The zero-order chi connectivity index (χ0) is 21.0. The molecule has 0 bridgehead atoms. The minimum atomic E-state index is -0.768. The molecule has 7 nitrogen and oxygen atoms in total. The van der Waals surface area contributed by atoms with E-state index in [0.29, 0.717) is 18.5 Å². The molecule has 0 aliphatic carbocycles. The van der Waals surface area contributed by atoms with E-state index in [1.165, 1.54) is 5.01 Å². The minimum absolute atomic E-state index is 0.0902. The summed E-state index contributed by atoms with van der Waals surface area (Å²) in [6.45, 7) is 6.13. The summed E-state index contributed by atoms with van der Waals surface area (Å²) in [5, 5.41) is 3.37. The third kappa shape index (κ3) is 4.10. The Morgan fingerprint density at radius 1 is 1.10 bits per heavy atom. The Bertz CT molecular complexity index is 846. The van der Waals surface area contributed by atoms with Crippen molar-refractivity contribution in [2.45, 2.75) is 33.2 Å². The Morgan fingerprint density at radius 3 is 2.45 bits per heavy atom. The number of rotatable bonds is 5. The van der Waals surface area contributed by atoms with Crippen LogP contribution in [0, 0.1) is 5.92 Å². The molecule has 3 rings (SSSR count). The van der Waals surface area contributed by atoms with Crippen LogP contribution in [0.1, 0.15) is 38.8 Å². The van der Waals surface area contributed by atoms with Gasteiger partial charge in [-0.05, 0) is 38.0 Å². The summed E-state index contributed by atoms with van der Waals surface area (Å²) in [7, 11) is 0. The Labute approximate surface area is 170 Å². The smallest absolute Gasteiger partial charge is 0.338 e. The molecule has 29 heavy (non-hydrogen) atoms. The van der Waals surface area contributed by atoms with Crippen molar-refractivity contribution in [1.29, 1.82) is 0 Å². The van der Waals surface area contributed by atoms with Crippen molar-refractivity contribution in [2.75, 3.05) is 19.8 Å². The first-order chi connectivity index (χ1) is 14.0. The summed E-state index contributed by atoms with van der Waals surface area (Å²) in [4.78, 5) is 38.2. The van der Waals surface area contributed by atoms with E-state index in [-0.39, 0.29) is 24.7 Å². The van der Waals surface area contributed by atoms with E-state index in [9.17, 15) is 14.4 Å². The van der Waals surface area contributed by atoms with E-state index in [4.69, 9.17) is 9.47 Å². The van der Waals surface area contributed by atoms with Crippen LogP contribution in [0.25, 0.3) is 0 Å². The second kappa shape index (κ2) is 9.05. The Hall–Kier alpha value is -2.93. The molecule has 0 aromatic heterocycles. The van der Waals surface area contributed by atoms with Gasteiger partial charge in [-0.25, -0.2) is 14.8 Å². The molecule has 0 saturated carbocycles. The van der Waals surface area contributed by atoms with Crippen molar-refractivity contribution in [2.24, 2.45) is 5.92 Å². The first-order valence-electron chi connectivity index (χ1n) is 9.85. The summed E-state index contributed by atoms with van der Waals surface area (Å²) in [5.41, 5.74) is 1.69. The van der Waals surface area contributed by atoms with Crippen molar-refractivity contribution in [3.63, 3.8) is 0 Å². The maximum atomic E-state index is 13.1. The van der Waals surface area contributed by atoms with Crippen LogP contribution in [0.5, 0.6) is 0 Å². The molecule has 0 radical (unpaired) electrons. The molecule has 7 heteroatoms. The predicted molar refractivity (Wildman–Crippen MR) is 106 cm³/mol. The molecule has 1 saturated heterocycles. The van der Waals surface area contributed by atoms with E-state index >= 15 is 0 Å². The number of amides is 1. The summed E-state index contributed by atoms with van der Waals surface area (Å²) in [6, 6.07) is 9.02. The Balaban J connectivity index is 2.21. The monoisotopic (exact) mass is 398 g/mol. The fraction of sp³-hybridized carbons (Fsp3) is 0.409. The summed E-state index contributed by atoms with van der Waals surface area (Å²) < 4.78 is 10.6. The number of carbonyl (C=O) groups excluding carboxylic acids is 3. The van der Waals surface area contributed by atoms with Crippen molar-refractivity contribution in [1.82, 2.24) is 10.0 Å². The molecular weight excluding hydrogens is 372 g/mol. The van der Waals surface area contributed by atoms with Crippen LogP contribution in [0.3, 0.4) is 0 Å². The standard InChI is InChI=1S/C22H26N2O5/c1-4-28-21(26)17-11-13-23-18(25)12-14-24(23)20(16-9-7-6-8-10-16)19(15(17)3)22(27)29-5-2/h6-11,13,19-20H,4-5,12,14H2,1-3H3/b13-11-,17-15+/t19-,20+/m0/s1. The number of esters is 2. The van der Waals surface area contributed by atoms with Gasteiger partial charge in [-0.3, -0.25) is 9.59 Å². The lowest BCUT2D eigenvalue weighted by molar-refractivity contribution is -0.153. The van der Waals surface area contributed by atoms with Crippen molar-refractivity contribution < 1.29 is 23.9 Å². The van der Waals surface area contributed by atoms with E-state index < -0.39 is 23.9 Å². The summed E-state index contributed by atoms with van der Waals surface area (Å²) in [5.74, 6) is -1.82. The molecule has 1 aromatic carbocycles. The van der Waals surface area contributed by atoms with Gasteiger partial charge < -0.3 is 9.47 Å². The Morgan fingerprint density at radius 2 is 1.79 bits per heavy atom. The van der Waals surface area contributed by atoms with Crippen LogP contribution in [-0.2, 0) is 23.9 Å². The van der Waals surface area contributed by atoms with Crippen LogP contribution in [0.15, 0.2) is 53.8 Å². The second-order valence-electron chi connectivity index (χ2n) is 6.87. The highest BCUT2D eigenvalue weighted by molar-refractivity contribution is 5.94. The second-order valence-corrected chi connectivity index (χ2v) is 6.87. The number of nitrogens with zero attached hydrogens (tertiary/aromatic N) is 2. The molecule has 0 N–H and O–H groups in total. The number of benzene rings is 1. The van der Waals surface area contributed by atoms with Gasteiger partial charge in [-0.2, -0.15) is 0 Å². The van der Waals surface area contributed by atoms with Gasteiger partial charge >= 0.3 is 11.9 Å². The first-order valence-corrected chi connectivity index (χ1v) is 9.85. The molecular formula is C22H26N2O5.